The van der Waals surface area contributed by atoms with Crippen LogP contribution in [-0.4, -0.2) is 41.6 Å². The van der Waals surface area contributed by atoms with Crippen molar-refractivity contribution in [2.24, 2.45) is 11.1 Å². The van der Waals surface area contributed by atoms with Crippen LogP contribution < -0.4 is 5.32 Å². The number of nitrogens with zero attached hydrogens (tertiary/aromatic N) is 1. The Kier molecular flexibility index (Phi) is 3.13. The summed E-state index contributed by atoms with van der Waals surface area (Å²) < 4.78 is 0. The van der Waals surface area contributed by atoms with E-state index in [-0.39, 0.29) is 12.5 Å². The van der Waals surface area contributed by atoms with Crippen molar-refractivity contribution in [1.82, 2.24) is 5.32 Å². The lowest BCUT2D eigenvalue weighted by atomic mass is 9.89. The van der Waals surface area contributed by atoms with Crippen LogP contribution in [0.2, 0.25) is 0 Å². The summed E-state index contributed by atoms with van der Waals surface area (Å²) in [5.74, 6) is 0.00972. The van der Waals surface area contributed by atoms with Gasteiger partial charge in [-0.15, -0.1) is 0 Å². The maximum absolute atomic E-state index is 10.3. The molecule has 1 rings (SSSR count). The Hall–Kier alpha value is -0.520. The van der Waals surface area contributed by atoms with Gasteiger partial charge in [-0.1, -0.05) is 12.1 Å². The number of hydrogen-bond donors (Lipinski definition) is 3. The minimum Gasteiger partial charge on any atom is -0.395 e. The van der Waals surface area contributed by atoms with Gasteiger partial charge < -0.3 is 15.5 Å². The Morgan fingerprint density at radius 2 is 2.33 bits per heavy atom. The highest BCUT2D eigenvalue weighted by Crippen LogP contribution is 2.17. The molecule has 70 valence electrons. The van der Waals surface area contributed by atoms with E-state index in [1.54, 1.807) is 0 Å². The molecule has 0 radical (unpaired) electrons. The first kappa shape index (κ1) is 9.57. The van der Waals surface area contributed by atoms with E-state index in [1.807, 2.05) is 6.92 Å². The van der Waals surface area contributed by atoms with Crippen molar-refractivity contribution in [2.75, 3.05) is 13.2 Å². The first-order valence-electron chi connectivity index (χ1n) is 4.05. The molecule has 1 aliphatic rings. The number of aliphatic hydroxyl groups is 2. The summed E-state index contributed by atoms with van der Waals surface area (Å²) >= 11 is 0. The molecule has 3 N–H and O–H groups in total. The van der Waals surface area contributed by atoms with Crippen molar-refractivity contribution < 1.29 is 10.2 Å². The van der Waals surface area contributed by atoms with Crippen LogP contribution in [0.3, 0.4) is 0 Å². The van der Waals surface area contributed by atoms with Crippen LogP contribution in [0.1, 0.15) is 6.92 Å². The highest BCUT2D eigenvalue weighted by atomic mass is 16.3. The topological polar surface area (TPSA) is 81.9 Å². The molecule has 1 fully saturated rings. The second-order valence-electron chi connectivity index (χ2n) is 3.26. The second-order valence-corrected chi connectivity index (χ2v) is 3.26. The molecule has 1 aliphatic heterocycles. The minimum atomic E-state index is -0.735. The van der Waals surface area contributed by atoms with E-state index in [9.17, 15) is 10.0 Å². The molecule has 0 aliphatic carbocycles. The number of rotatable bonds is 2. The van der Waals surface area contributed by atoms with Gasteiger partial charge in [-0.05, 0) is 5.92 Å². The Balaban J connectivity index is 2.64. The summed E-state index contributed by atoms with van der Waals surface area (Å²) in [5, 5.41) is 24.1. The van der Waals surface area contributed by atoms with E-state index in [0.717, 1.165) is 0 Å². The molecular weight excluding hydrogens is 160 g/mol. The van der Waals surface area contributed by atoms with Crippen molar-refractivity contribution in [3.8, 4) is 0 Å². The van der Waals surface area contributed by atoms with E-state index in [0.29, 0.717) is 6.54 Å². The van der Waals surface area contributed by atoms with Gasteiger partial charge in [0, 0.05) is 6.54 Å². The number of piperidine rings is 1. The van der Waals surface area contributed by atoms with Gasteiger partial charge in [0.15, 0.2) is 0 Å². The molecule has 1 saturated heterocycles. The lowest BCUT2D eigenvalue weighted by Crippen LogP contribution is -2.56. The molecule has 0 aromatic carbocycles. The highest BCUT2D eigenvalue weighted by Gasteiger charge is 2.36. The Morgan fingerprint density at radius 1 is 1.67 bits per heavy atom. The summed E-state index contributed by atoms with van der Waals surface area (Å²) in [5.41, 5.74) is 0. The number of nitroso groups, excluding NO2 is 1. The normalized spacial score (nSPS) is 42.6. The molecule has 5 nitrogen and oxygen atoms in total. The van der Waals surface area contributed by atoms with Crippen LogP contribution in [0, 0.1) is 10.8 Å². The smallest absolute Gasteiger partial charge is 0.135 e. The van der Waals surface area contributed by atoms with Gasteiger partial charge in [-0.3, -0.25) is 0 Å². The fourth-order valence-corrected chi connectivity index (χ4v) is 1.46. The van der Waals surface area contributed by atoms with E-state index >= 15 is 0 Å². The minimum absolute atomic E-state index is 0.00972. The molecule has 5 heteroatoms. The largest absolute Gasteiger partial charge is 0.395 e. The van der Waals surface area contributed by atoms with Crippen molar-refractivity contribution >= 4 is 0 Å². The fraction of sp³-hybridized carbons (Fsp3) is 1.00. The monoisotopic (exact) mass is 174 g/mol. The number of aliphatic hydroxyl groups excluding tert-OH is 2. The maximum Gasteiger partial charge on any atom is 0.135 e. The molecule has 1 unspecified atom stereocenters. The van der Waals surface area contributed by atoms with Gasteiger partial charge in [0.1, 0.15) is 6.04 Å². The molecule has 0 bridgehead atoms. The van der Waals surface area contributed by atoms with E-state index < -0.39 is 18.2 Å². The van der Waals surface area contributed by atoms with Crippen molar-refractivity contribution in [3.05, 3.63) is 4.91 Å². The average molecular weight is 174 g/mol. The van der Waals surface area contributed by atoms with E-state index in [2.05, 4.69) is 10.5 Å². The predicted molar refractivity (Wildman–Crippen MR) is 43.6 cm³/mol. The molecule has 4 atom stereocenters. The zero-order chi connectivity index (χ0) is 9.14. The first-order valence-corrected chi connectivity index (χ1v) is 4.05. The lowest BCUT2D eigenvalue weighted by Gasteiger charge is -2.34. The third-order valence-electron chi connectivity index (χ3n) is 2.37. The van der Waals surface area contributed by atoms with Gasteiger partial charge in [-0.2, -0.15) is 4.91 Å². The second kappa shape index (κ2) is 3.93. The van der Waals surface area contributed by atoms with E-state index in [4.69, 9.17) is 5.11 Å². The van der Waals surface area contributed by atoms with Crippen molar-refractivity contribution in [1.29, 1.82) is 0 Å². The molecule has 12 heavy (non-hydrogen) atoms. The lowest BCUT2D eigenvalue weighted by molar-refractivity contribution is 0.0345. The zero-order valence-corrected chi connectivity index (χ0v) is 6.97. The quantitative estimate of drug-likeness (QED) is 0.473. The molecule has 0 aromatic heterocycles. The maximum atomic E-state index is 10.3. The van der Waals surface area contributed by atoms with Crippen molar-refractivity contribution in [3.63, 3.8) is 0 Å². The van der Waals surface area contributed by atoms with Gasteiger partial charge in [0.2, 0.25) is 0 Å². The van der Waals surface area contributed by atoms with Crippen LogP contribution in [0.25, 0.3) is 0 Å². The standard InChI is InChI=1S/C7H14N2O3/c1-4-2-8-5(3-10)6(9-12)7(4)11/h4-8,10-11H,2-3H2,1H3/t4-,5?,6+,7+/m0/s1. The summed E-state index contributed by atoms with van der Waals surface area (Å²) in [6.07, 6.45) is -0.735. The molecule has 0 saturated carbocycles. The van der Waals surface area contributed by atoms with Crippen molar-refractivity contribution in [2.45, 2.75) is 25.1 Å². The average Bonchev–Trinajstić information content (AvgIpc) is 2.09. The third kappa shape index (κ3) is 1.63. The van der Waals surface area contributed by atoms with Crippen LogP contribution in [0.4, 0.5) is 0 Å². The Labute approximate surface area is 70.8 Å². The summed E-state index contributed by atoms with van der Waals surface area (Å²) in [6.45, 7) is 2.28. The molecule has 1 heterocycles. The summed E-state index contributed by atoms with van der Waals surface area (Å²) in [6, 6.07) is -1.12. The van der Waals surface area contributed by atoms with Gasteiger partial charge in [-0.25, -0.2) is 0 Å². The molecule has 0 spiro atoms. The van der Waals surface area contributed by atoms with Gasteiger partial charge in [0.25, 0.3) is 0 Å². The first-order chi connectivity index (χ1) is 5.70. The summed E-state index contributed by atoms with van der Waals surface area (Å²) in [4.78, 5) is 10.3. The van der Waals surface area contributed by atoms with Crippen LogP contribution in [0.15, 0.2) is 5.18 Å². The SMILES string of the molecule is C[C@H]1CNC(CO)[C@@H](N=O)[C@@H]1O. The van der Waals surface area contributed by atoms with E-state index in [1.165, 1.54) is 0 Å². The van der Waals surface area contributed by atoms with Gasteiger partial charge in [0.05, 0.1) is 18.8 Å². The number of hydrogen-bond acceptors (Lipinski definition) is 5. The van der Waals surface area contributed by atoms with Crippen LogP contribution in [-0.2, 0) is 0 Å². The number of nitrogens with one attached hydrogen (secondary N) is 1. The third-order valence-corrected chi connectivity index (χ3v) is 2.37. The predicted octanol–water partition coefficient (Wildman–Crippen LogP) is -0.918. The van der Waals surface area contributed by atoms with Crippen LogP contribution >= 0.6 is 0 Å². The van der Waals surface area contributed by atoms with Gasteiger partial charge >= 0.3 is 0 Å². The summed E-state index contributed by atoms with van der Waals surface area (Å²) in [7, 11) is 0. The Morgan fingerprint density at radius 3 is 2.83 bits per heavy atom. The molecule has 0 amide bonds. The highest BCUT2D eigenvalue weighted by molar-refractivity contribution is 4.94. The zero-order valence-electron chi connectivity index (χ0n) is 6.97. The fourth-order valence-electron chi connectivity index (χ4n) is 1.46. The Bertz CT molecular complexity index is 163. The molecular formula is C7H14N2O3. The molecule has 0 aromatic rings. The van der Waals surface area contributed by atoms with Crippen LogP contribution in [0.5, 0.6) is 0 Å².